The Hall–Kier alpha value is -6.14. The number of carbonyl (C=O) groups excluding carboxylic acids is 4. The molecule has 304 valence electrons. The van der Waals surface area contributed by atoms with Crippen molar-refractivity contribution in [2.75, 3.05) is 62.4 Å². The molecule has 0 aliphatic rings. The molecule has 0 spiro atoms. The lowest BCUT2D eigenvalue weighted by atomic mass is 10.1. The predicted octanol–water partition coefficient (Wildman–Crippen LogP) is 7.91. The maximum Gasteiger partial charge on any atom is 0.349 e. The molecule has 0 fully saturated rings. The minimum atomic E-state index is -0.789. The zero-order valence-electron chi connectivity index (χ0n) is 33.8. The average Bonchev–Trinajstić information content (AvgIpc) is 3.21. The molecule has 0 amide bonds. The number of esters is 4. The maximum absolute atomic E-state index is 12.4. The summed E-state index contributed by atoms with van der Waals surface area (Å²) in [6, 6.07) is 19.3. The number of ether oxygens (including phenoxy) is 4. The summed E-state index contributed by atoms with van der Waals surface area (Å²) in [6.45, 7) is 17.4. The summed E-state index contributed by atoms with van der Waals surface area (Å²) >= 11 is 0. The van der Waals surface area contributed by atoms with Crippen molar-refractivity contribution in [1.82, 2.24) is 0 Å². The van der Waals surface area contributed by atoms with Crippen LogP contribution in [0.4, 0.5) is 11.4 Å². The lowest BCUT2D eigenvalue weighted by Crippen LogP contribution is -2.27. The first-order chi connectivity index (χ1) is 27.4. The van der Waals surface area contributed by atoms with E-state index in [9.17, 15) is 29.7 Å². The monoisotopic (exact) mass is 780 g/mol. The highest BCUT2D eigenvalue weighted by Crippen LogP contribution is 2.21. The van der Waals surface area contributed by atoms with Gasteiger partial charge in [0.15, 0.2) is 0 Å². The third kappa shape index (κ3) is 17.9. The number of hydrogen-bond acceptors (Lipinski definition) is 12. The second-order valence-electron chi connectivity index (χ2n) is 13.4. The van der Waals surface area contributed by atoms with Crippen LogP contribution >= 0.6 is 0 Å². The lowest BCUT2D eigenvalue weighted by molar-refractivity contribution is -0.147. The molecule has 0 unspecified atom stereocenters. The van der Waals surface area contributed by atoms with E-state index in [1.807, 2.05) is 60.7 Å². The van der Waals surface area contributed by atoms with Crippen LogP contribution in [0.5, 0.6) is 0 Å². The Morgan fingerprint density at radius 1 is 0.544 bits per heavy atom. The van der Waals surface area contributed by atoms with Crippen molar-refractivity contribution in [2.45, 2.75) is 72.6 Å². The molecular formula is C45H56N4O8. The van der Waals surface area contributed by atoms with Gasteiger partial charge in [-0.1, -0.05) is 64.1 Å². The highest BCUT2D eigenvalue weighted by molar-refractivity contribution is 5.98. The molecule has 57 heavy (non-hydrogen) atoms. The fourth-order valence-electron chi connectivity index (χ4n) is 5.33. The summed E-state index contributed by atoms with van der Waals surface area (Å²) in [5.41, 5.74) is 3.70. The van der Waals surface area contributed by atoms with Gasteiger partial charge in [0.2, 0.25) is 0 Å². The van der Waals surface area contributed by atoms with Crippen molar-refractivity contribution in [3.63, 3.8) is 0 Å². The van der Waals surface area contributed by atoms with E-state index in [1.54, 1.807) is 0 Å². The molecule has 12 nitrogen and oxygen atoms in total. The van der Waals surface area contributed by atoms with Crippen molar-refractivity contribution in [1.29, 1.82) is 10.5 Å². The van der Waals surface area contributed by atoms with E-state index < -0.39 is 23.9 Å². The molecule has 0 N–H and O–H groups in total. The van der Waals surface area contributed by atoms with Crippen molar-refractivity contribution >= 4 is 47.4 Å². The molecular weight excluding hydrogens is 725 g/mol. The molecule has 0 aromatic heterocycles. The van der Waals surface area contributed by atoms with Gasteiger partial charge in [0.1, 0.15) is 49.7 Å². The first-order valence-electron chi connectivity index (χ1n) is 19.4. The minimum Gasteiger partial charge on any atom is -0.459 e. The molecule has 0 aliphatic carbocycles. The van der Waals surface area contributed by atoms with Crippen LogP contribution in [0.25, 0.3) is 12.2 Å². The first-order valence-corrected chi connectivity index (χ1v) is 19.4. The van der Waals surface area contributed by atoms with E-state index in [0.717, 1.165) is 82.5 Å². The molecule has 2 aromatic carbocycles. The van der Waals surface area contributed by atoms with Crippen molar-refractivity contribution in [3.05, 3.63) is 95.1 Å². The highest BCUT2D eigenvalue weighted by atomic mass is 16.6. The van der Waals surface area contributed by atoms with Gasteiger partial charge in [-0.05, 0) is 93.5 Å². The Morgan fingerprint density at radius 2 is 0.860 bits per heavy atom. The van der Waals surface area contributed by atoms with Gasteiger partial charge in [-0.2, -0.15) is 10.5 Å². The Labute approximate surface area is 337 Å². The molecule has 0 aliphatic heterocycles. The fraction of sp³-hybridized carbons (Fsp3) is 0.422. The highest BCUT2D eigenvalue weighted by Gasteiger charge is 2.14. The van der Waals surface area contributed by atoms with E-state index in [1.165, 1.54) is 26.0 Å². The largest absolute Gasteiger partial charge is 0.459 e. The Bertz CT molecular complexity index is 1670. The predicted molar refractivity (Wildman–Crippen MR) is 222 cm³/mol. The molecule has 0 saturated carbocycles. The lowest BCUT2D eigenvalue weighted by Gasteiger charge is -2.26. The number of benzene rings is 2. The standard InChI is InChI=1S/C45H56N4O8/c1-7-9-22-48(40-18-14-36(15-19-40)30-38(32-46)44(52)56-28-26-54-42(50)34(3)4)24-12-11-13-25-49(23-10-8-2)41-20-16-37(17-21-41)31-39(33-47)45(53)57-29-27-55-43(51)35(5)6/h14-21,30-31H,3,5,7-13,22-29H2,1-2,4,6H3. The Morgan fingerprint density at radius 3 is 1.16 bits per heavy atom. The number of nitrogens with zero attached hydrogens (tertiary/aromatic N) is 4. The van der Waals surface area contributed by atoms with Gasteiger partial charge >= 0.3 is 23.9 Å². The van der Waals surface area contributed by atoms with Crippen LogP contribution in [0.2, 0.25) is 0 Å². The van der Waals surface area contributed by atoms with Gasteiger partial charge in [-0.25, -0.2) is 19.2 Å². The van der Waals surface area contributed by atoms with Gasteiger partial charge in [0.25, 0.3) is 0 Å². The topological polar surface area (TPSA) is 159 Å². The second kappa shape index (κ2) is 26.6. The Balaban J connectivity index is 1.96. The van der Waals surface area contributed by atoms with Crippen LogP contribution in [0.1, 0.15) is 83.8 Å². The van der Waals surface area contributed by atoms with Gasteiger partial charge in [-0.15, -0.1) is 0 Å². The summed E-state index contributed by atoms with van der Waals surface area (Å²) in [4.78, 5) is 52.5. The molecule has 12 heteroatoms. The zero-order chi connectivity index (χ0) is 42.0. The number of hydrogen-bond donors (Lipinski definition) is 0. The molecule has 0 heterocycles. The van der Waals surface area contributed by atoms with Crippen LogP contribution in [-0.4, -0.2) is 76.5 Å². The van der Waals surface area contributed by atoms with E-state index in [4.69, 9.17) is 18.9 Å². The van der Waals surface area contributed by atoms with Crippen molar-refractivity contribution in [2.24, 2.45) is 0 Å². The van der Waals surface area contributed by atoms with Crippen LogP contribution in [0.15, 0.2) is 84.0 Å². The maximum atomic E-state index is 12.4. The van der Waals surface area contributed by atoms with E-state index in [0.29, 0.717) is 11.1 Å². The third-order valence-electron chi connectivity index (χ3n) is 8.53. The van der Waals surface area contributed by atoms with Crippen LogP contribution in [-0.2, 0) is 38.1 Å². The number of unbranched alkanes of at least 4 members (excludes halogenated alkanes) is 4. The normalized spacial score (nSPS) is 11.1. The van der Waals surface area contributed by atoms with Crippen LogP contribution < -0.4 is 9.80 Å². The fourth-order valence-corrected chi connectivity index (χ4v) is 5.33. The quantitative estimate of drug-likeness (QED) is 0.0299. The summed E-state index contributed by atoms with van der Waals surface area (Å²) in [6.07, 6.45) is 10.2. The van der Waals surface area contributed by atoms with Gasteiger partial charge in [0, 0.05) is 48.7 Å². The van der Waals surface area contributed by atoms with E-state index >= 15 is 0 Å². The Kier molecular flexibility index (Phi) is 22.0. The first kappa shape index (κ1) is 47.0. The third-order valence-corrected chi connectivity index (χ3v) is 8.53. The summed E-state index contributed by atoms with van der Waals surface area (Å²) in [7, 11) is 0. The van der Waals surface area contributed by atoms with Crippen molar-refractivity contribution in [3.8, 4) is 12.1 Å². The average molecular weight is 781 g/mol. The smallest absolute Gasteiger partial charge is 0.349 e. The number of rotatable bonds is 26. The second-order valence-corrected chi connectivity index (χ2v) is 13.4. The molecule has 2 rings (SSSR count). The summed E-state index contributed by atoms with van der Waals surface area (Å²) in [5, 5.41) is 19.1. The number of carbonyl (C=O) groups is 4. The number of anilines is 2. The molecule has 0 bridgehead atoms. The summed E-state index contributed by atoms with van der Waals surface area (Å²) < 4.78 is 20.0. The van der Waals surface area contributed by atoms with Gasteiger partial charge in [-0.3, -0.25) is 0 Å². The SMILES string of the molecule is C=C(C)C(=O)OCCOC(=O)C(C#N)=Cc1ccc(N(CCCC)CCCCCN(CCCC)c2ccc(C=C(C#N)C(=O)OCCOC(=O)C(=C)C)cc2)cc1. The molecule has 0 saturated heterocycles. The molecule has 2 aromatic rings. The van der Waals surface area contributed by atoms with Gasteiger partial charge in [0.05, 0.1) is 0 Å². The zero-order valence-corrected chi connectivity index (χ0v) is 33.8. The van der Waals surface area contributed by atoms with E-state index in [2.05, 4.69) is 36.8 Å². The molecule has 0 atom stereocenters. The summed E-state index contributed by atoms with van der Waals surface area (Å²) in [5.74, 6) is -2.73. The van der Waals surface area contributed by atoms with Gasteiger partial charge < -0.3 is 28.7 Å². The minimum absolute atomic E-state index is 0.128. The van der Waals surface area contributed by atoms with E-state index in [-0.39, 0.29) is 48.7 Å². The number of nitriles is 2. The van der Waals surface area contributed by atoms with Crippen molar-refractivity contribution < 1.29 is 38.1 Å². The molecule has 0 radical (unpaired) electrons. The van der Waals surface area contributed by atoms with Crippen LogP contribution in [0.3, 0.4) is 0 Å². The van der Waals surface area contributed by atoms with Crippen LogP contribution in [0, 0.1) is 22.7 Å².